The van der Waals surface area contributed by atoms with Gasteiger partial charge in [0.1, 0.15) is 0 Å². The van der Waals surface area contributed by atoms with E-state index in [1.54, 1.807) is 0 Å². The van der Waals surface area contributed by atoms with Crippen molar-refractivity contribution in [1.82, 2.24) is 4.57 Å². The Bertz CT molecular complexity index is 971. The summed E-state index contributed by atoms with van der Waals surface area (Å²) in [6.07, 6.45) is 11.1. The first-order valence-electron chi connectivity index (χ1n) is 11.4. The average molecular weight is 370 g/mol. The van der Waals surface area contributed by atoms with Crippen LogP contribution in [0.1, 0.15) is 57.4 Å². The van der Waals surface area contributed by atoms with E-state index in [9.17, 15) is 0 Å². The Morgan fingerprint density at radius 3 is 2.14 bits per heavy atom. The molecule has 3 aromatic rings. The Morgan fingerprint density at radius 2 is 1.50 bits per heavy atom. The fourth-order valence-corrected chi connectivity index (χ4v) is 7.35. The topological polar surface area (TPSA) is 4.93 Å². The van der Waals surface area contributed by atoms with Gasteiger partial charge in [-0.25, -0.2) is 0 Å². The first kappa shape index (κ1) is 16.9. The first-order chi connectivity index (χ1) is 13.7. The maximum absolute atomic E-state index is 2.81. The van der Waals surface area contributed by atoms with E-state index in [1.165, 1.54) is 79.1 Å². The molecule has 144 valence electrons. The van der Waals surface area contributed by atoms with Gasteiger partial charge in [-0.2, -0.15) is 0 Å². The summed E-state index contributed by atoms with van der Waals surface area (Å²) in [6, 6.07) is 21.0. The minimum Gasteiger partial charge on any atom is -0.334 e. The van der Waals surface area contributed by atoms with Crippen LogP contribution in [0.3, 0.4) is 0 Å². The quantitative estimate of drug-likeness (QED) is 0.459. The molecule has 4 fully saturated rings. The third kappa shape index (κ3) is 2.51. The first-order valence-corrected chi connectivity index (χ1v) is 11.4. The summed E-state index contributed by atoms with van der Waals surface area (Å²) in [4.78, 5) is 0. The van der Waals surface area contributed by atoms with Crippen LogP contribution in [-0.2, 0) is 12.0 Å². The molecule has 0 saturated heterocycles. The summed E-state index contributed by atoms with van der Waals surface area (Å²) in [5.74, 6) is 2.89. The van der Waals surface area contributed by atoms with Crippen LogP contribution >= 0.6 is 0 Å². The highest BCUT2D eigenvalue weighted by Gasteiger charge is 2.52. The molecule has 1 nitrogen and oxygen atoms in total. The minimum absolute atomic E-state index is 0.356. The van der Waals surface area contributed by atoms with E-state index < -0.39 is 0 Å². The molecular formula is C27H31N. The largest absolute Gasteiger partial charge is 0.334 e. The van der Waals surface area contributed by atoms with Gasteiger partial charge in [-0.15, -0.1) is 0 Å². The maximum Gasteiger partial charge on any atom is 0.0496 e. The van der Waals surface area contributed by atoms with E-state index in [-0.39, 0.29) is 0 Å². The van der Waals surface area contributed by atoms with Crippen LogP contribution < -0.4 is 0 Å². The molecule has 4 saturated carbocycles. The number of aryl methyl sites for hydroxylation is 1. The summed E-state index contributed by atoms with van der Waals surface area (Å²) in [6.45, 7) is 2.26. The van der Waals surface area contributed by atoms with Gasteiger partial charge in [-0.1, -0.05) is 55.8 Å². The highest BCUT2D eigenvalue weighted by Crippen LogP contribution is 2.60. The molecule has 28 heavy (non-hydrogen) atoms. The van der Waals surface area contributed by atoms with Gasteiger partial charge in [0.25, 0.3) is 0 Å². The van der Waals surface area contributed by atoms with Crippen LogP contribution in [0, 0.1) is 17.8 Å². The number of hydrogen-bond acceptors (Lipinski definition) is 0. The third-order valence-corrected chi connectivity index (χ3v) is 7.98. The van der Waals surface area contributed by atoms with Gasteiger partial charge >= 0.3 is 0 Å². The lowest BCUT2D eigenvalue weighted by atomic mass is 9.53. The van der Waals surface area contributed by atoms with Crippen LogP contribution in [0.15, 0.2) is 54.6 Å². The molecule has 4 aliphatic rings. The lowest BCUT2D eigenvalue weighted by Crippen LogP contribution is -2.51. The SMILES string of the molecule is CCCc1ccc(-c2cc3ccccc3n2C23CC4CC(CC(C4)C2)C3)cc1. The molecule has 1 heteroatoms. The molecule has 4 bridgehead atoms. The van der Waals surface area contributed by atoms with Gasteiger partial charge < -0.3 is 4.57 Å². The molecular weight excluding hydrogens is 338 g/mol. The lowest BCUT2D eigenvalue weighted by Gasteiger charge is -2.58. The lowest BCUT2D eigenvalue weighted by molar-refractivity contribution is -0.0399. The number of fused-ring (bicyclic) bond motifs is 1. The number of aromatic nitrogens is 1. The second kappa shape index (κ2) is 6.24. The standard InChI is InChI=1S/C27H31N/c1-2-5-19-8-10-23(11-9-19)26-15-24-6-3-4-7-25(24)28(26)27-16-20-12-21(17-27)14-22(13-20)18-27/h3-4,6-11,15,20-22H,2,5,12-14,16-18H2,1H3. The zero-order valence-electron chi connectivity index (χ0n) is 17.0. The molecule has 0 spiro atoms. The zero-order valence-corrected chi connectivity index (χ0v) is 17.0. The summed E-state index contributed by atoms with van der Waals surface area (Å²) in [5.41, 5.74) is 6.12. The molecule has 0 atom stereocenters. The van der Waals surface area contributed by atoms with Gasteiger partial charge in [0.2, 0.25) is 0 Å². The third-order valence-electron chi connectivity index (χ3n) is 7.98. The van der Waals surface area contributed by atoms with Crippen molar-refractivity contribution in [2.75, 3.05) is 0 Å². The van der Waals surface area contributed by atoms with Crippen molar-refractivity contribution in [2.24, 2.45) is 17.8 Å². The molecule has 0 N–H and O–H groups in total. The summed E-state index contributed by atoms with van der Waals surface area (Å²) < 4.78 is 2.81. The van der Waals surface area contributed by atoms with Crippen molar-refractivity contribution in [1.29, 1.82) is 0 Å². The minimum atomic E-state index is 0.356. The fraction of sp³-hybridized carbons (Fsp3) is 0.481. The fourth-order valence-electron chi connectivity index (χ4n) is 7.35. The van der Waals surface area contributed by atoms with Crippen molar-refractivity contribution in [3.05, 3.63) is 60.2 Å². The van der Waals surface area contributed by atoms with Gasteiger partial charge in [0.15, 0.2) is 0 Å². The van der Waals surface area contributed by atoms with Crippen molar-refractivity contribution in [2.45, 2.75) is 63.8 Å². The molecule has 0 unspecified atom stereocenters. The Labute approximate surface area is 168 Å². The predicted octanol–water partition coefficient (Wildman–Crippen LogP) is 7.19. The molecule has 0 aliphatic heterocycles. The highest BCUT2D eigenvalue weighted by atomic mass is 15.1. The van der Waals surface area contributed by atoms with Crippen LogP contribution in [-0.4, -0.2) is 4.57 Å². The van der Waals surface area contributed by atoms with Crippen LogP contribution in [0.5, 0.6) is 0 Å². The van der Waals surface area contributed by atoms with Crippen LogP contribution in [0.4, 0.5) is 0 Å². The number of rotatable bonds is 4. The summed E-state index contributed by atoms with van der Waals surface area (Å²) in [7, 11) is 0. The molecule has 4 aliphatic carbocycles. The molecule has 0 radical (unpaired) electrons. The normalized spacial score (nSPS) is 31.0. The zero-order chi connectivity index (χ0) is 18.7. The Kier molecular flexibility index (Phi) is 3.76. The summed E-state index contributed by atoms with van der Waals surface area (Å²) >= 11 is 0. The number of benzene rings is 2. The summed E-state index contributed by atoms with van der Waals surface area (Å²) in [5, 5.41) is 1.41. The highest BCUT2D eigenvalue weighted by molar-refractivity contribution is 5.87. The Morgan fingerprint density at radius 1 is 0.857 bits per heavy atom. The van der Waals surface area contributed by atoms with E-state index in [2.05, 4.69) is 66.1 Å². The van der Waals surface area contributed by atoms with E-state index >= 15 is 0 Å². The van der Waals surface area contributed by atoms with E-state index in [0.717, 1.165) is 17.8 Å². The van der Waals surface area contributed by atoms with Crippen molar-refractivity contribution in [3.8, 4) is 11.3 Å². The van der Waals surface area contributed by atoms with Gasteiger partial charge in [0.05, 0.1) is 0 Å². The maximum atomic E-state index is 2.81. The average Bonchev–Trinajstić information content (AvgIpc) is 3.08. The monoisotopic (exact) mass is 369 g/mol. The van der Waals surface area contributed by atoms with Crippen molar-refractivity contribution >= 4 is 10.9 Å². The predicted molar refractivity (Wildman–Crippen MR) is 118 cm³/mol. The molecule has 7 rings (SSSR count). The van der Waals surface area contributed by atoms with E-state index in [0.29, 0.717) is 5.54 Å². The smallest absolute Gasteiger partial charge is 0.0496 e. The second-order valence-corrected chi connectivity index (χ2v) is 10.0. The molecule has 2 aromatic carbocycles. The Hall–Kier alpha value is -2.02. The van der Waals surface area contributed by atoms with Crippen molar-refractivity contribution < 1.29 is 0 Å². The number of para-hydroxylation sites is 1. The van der Waals surface area contributed by atoms with Gasteiger partial charge in [-0.05, 0) is 86.0 Å². The second-order valence-electron chi connectivity index (χ2n) is 10.0. The molecule has 0 amide bonds. The van der Waals surface area contributed by atoms with Gasteiger partial charge in [0, 0.05) is 22.1 Å². The van der Waals surface area contributed by atoms with E-state index in [1.807, 2.05) is 0 Å². The molecule has 1 heterocycles. The number of hydrogen-bond donors (Lipinski definition) is 0. The Balaban J connectivity index is 1.53. The van der Waals surface area contributed by atoms with Crippen LogP contribution in [0.25, 0.3) is 22.2 Å². The molecule has 1 aromatic heterocycles. The van der Waals surface area contributed by atoms with Gasteiger partial charge in [-0.3, -0.25) is 0 Å². The number of nitrogens with zero attached hydrogens (tertiary/aromatic N) is 1. The van der Waals surface area contributed by atoms with E-state index in [4.69, 9.17) is 0 Å². The van der Waals surface area contributed by atoms with Crippen LogP contribution in [0.2, 0.25) is 0 Å². The van der Waals surface area contributed by atoms with Crippen molar-refractivity contribution in [3.63, 3.8) is 0 Å².